The van der Waals surface area contributed by atoms with Crippen molar-refractivity contribution in [2.45, 2.75) is 24.8 Å². The summed E-state index contributed by atoms with van der Waals surface area (Å²) in [6.45, 7) is 0.512. The summed E-state index contributed by atoms with van der Waals surface area (Å²) in [7, 11) is 0. The van der Waals surface area contributed by atoms with E-state index in [2.05, 4.69) is 5.32 Å². The summed E-state index contributed by atoms with van der Waals surface area (Å²) < 4.78 is 75.5. The van der Waals surface area contributed by atoms with Gasteiger partial charge in [0.05, 0.1) is 11.1 Å². The SMILES string of the molecule is Cl.FC(F)(F)c1ccc(C(F)(F)F)c([C@H]2CCN2)c1. The van der Waals surface area contributed by atoms with Crippen molar-refractivity contribution in [1.82, 2.24) is 5.32 Å². The van der Waals surface area contributed by atoms with Gasteiger partial charge in [-0.1, -0.05) is 0 Å². The van der Waals surface area contributed by atoms with Crippen LogP contribution < -0.4 is 5.32 Å². The molecule has 1 saturated heterocycles. The maximum Gasteiger partial charge on any atom is 0.416 e. The molecule has 1 atom stereocenters. The van der Waals surface area contributed by atoms with Gasteiger partial charge in [-0.3, -0.25) is 0 Å². The highest BCUT2D eigenvalue weighted by Gasteiger charge is 2.39. The lowest BCUT2D eigenvalue weighted by molar-refractivity contribution is -0.142. The van der Waals surface area contributed by atoms with Gasteiger partial charge >= 0.3 is 12.4 Å². The summed E-state index contributed by atoms with van der Waals surface area (Å²) in [5.74, 6) is 0. The van der Waals surface area contributed by atoms with Crippen LogP contribution in [0.4, 0.5) is 26.3 Å². The molecule has 0 aromatic heterocycles. The summed E-state index contributed by atoms with van der Waals surface area (Å²) in [5.41, 5.74) is -2.39. The molecule has 1 N–H and O–H groups in total. The zero-order chi connectivity index (χ0) is 13.6. The second-order valence-electron chi connectivity index (χ2n) is 4.09. The fraction of sp³-hybridized carbons (Fsp3) is 0.455. The maximum atomic E-state index is 12.7. The van der Waals surface area contributed by atoms with E-state index in [1.165, 1.54) is 0 Å². The van der Waals surface area contributed by atoms with Crippen molar-refractivity contribution in [2.24, 2.45) is 0 Å². The Kier molecular flexibility index (Phi) is 4.41. The number of rotatable bonds is 1. The Morgan fingerprint density at radius 3 is 1.95 bits per heavy atom. The van der Waals surface area contributed by atoms with E-state index in [4.69, 9.17) is 0 Å². The molecule has 1 aromatic rings. The van der Waals surface area contributed by atoms with E-state index in [1.54, 1.807) is 0 Å². The van der Waals surface area contributed by atoms with Gasteiger partial charge in [-0.05, 0) is 36.7 Å². The van der Waals surface area contributed by atoms with E-state index in [1.807, 2.05) is 0 Å². The van der Waals surface area contributed by atoms with Crippen LogP contribution in [0.2, 0.25) is 0 Å². The van der Waals surface area contributed by atoms with Gasteiger partial charge in [-0.25, -0.2) is 0 Å². The standard InChI is InChI=1S/C11H9F6N.ClH/c12-10(13,14)6-1-2-8(11(15,16)17)7(5-6)9-3-4-18-9;/h1-2,5,9,18H,3-4H2;1H/t9-;/m1./s1. The number of benzene rings is 1. The predicted molar refractivity (Wildman–Crippen MR) is 59.1 cm³/mol. The molecule has 0 spiro atoms. The van der Waals surface area contributed by atoms with Gasteiger partial charge in [0.2, 0.25) is 0 Å². The third-order valence-electron chi connectivity index (χ3n) is 2.88. The molecule has 1 aliphatic rings. The Hall–Kier alpha value is -0.950. The normalized spacial score (nSPS) is 19.6. The highest BCUT2D eigenvalue weighted by molar-refractivity contribution is 5.85. The van der Waals surface area contributed by atoms with Crippen LogP contribution in [-0.2, 0) is 12.4 Å². The molecule has 1 aliphatic heterocycles. The molecule has 108 valence electrons. The number of hydrogen-bond acceptors (Lipinski definition) is 1. The van der Waals surface area contributed by atoms with E-state index >= 15 is 0 Å². The second-order valence-corrected chi connectivity index (χ2v) is 4.09. The van der Waals surface area contributed by atoms with Gasteiger partial charge < -0.3 is 5.32 Å². The third kappa shape index (κ3) is 3.33. The Balaban J connectivity index is 0.00000180. The summed E-state index contributed by atoms with van der Waals surface area (Å²) in [5, 5.41) is 2.69. The lowest BCUT2D eigenvalue weighted by Gasteiger charge is -2.30. The Labute approximate surface area is 111 Å². The Morgan fingerprint density at radius 2 is 1.58 bits per heavy atom. The van der Waals surface area contributed by atoms with E-state index in [0.717, 1.165) is 0 Å². The first-order chi connectivity index (χ1) is 8.19. The van der Waals surface area contributed by atoms with Crippen LogP contribution in [0.15, 0.2) is 18.2 Å². The third-order valence-corrected chi connectivity index (χ3v) is 2.88. The summed E-state index contributed by atoms with van der Waals surface area (Å²) in [6.07, 6.45) is -8.87. The molecule has 19 heavy (non-hydrogen) atoms. The van der Waals surface area contributed by atoms with Crippen molar-refractivity contribution in [2.75, 3.05) is 6.54 Å². The predicted octanol–water partition coefficient (Wildman–Crippen LogP) is 4.18. The molecule has 0 unspecified atom stereocenters. The van der Waals surface area contributed by atoms with Crippen LogP contribution in [0.5, 0.6) is 0 Å². The highest BCUT2D eigenvalue weighted by Crippen LogP contribution is 2.40. The fourth-order valence-corrected chi connectivity index (χ4v) is 1.84. The van der Waals surface area contributed by atoms with Crippen LogP contribution in [0.1, 0.15) is 29.2 Å². The maximum absolute atomic E-state index is 12.7. The van der Waals surface area contributed by atoms with Crippen LogP contribution in [0.25, 0.3) is 0 Å². The molecule has 1 aromatic carbocycles. The van der Waals surface area contributed by atoms with Crippen LogP contribution in [-0.4, -0.2) is 6.54 Å². The zero-order valence-electron chi connectivity index (χ0n) is 9.40. The van der Waals surface area contributed by atoms with E-state index in [-0.39, 0.29) is 18.0 Å². The van der Waals surface area contributed by atoms with Gasteiger partial charge in [-0.15, -0.1) is 12.4 Å². The van der Waals surface area contributed by atoms with E-state index < -0.39 is 29.5 Å². The lowest BCUT2D eigenvalue weighted by atomic mass is 9.91. The molecule has 0 radical (unpaired) electrons. The first-order valence-electron chi connectivity index (χ1n) is 5.21. The average molecular weight is 306 g/mol. The van der Waals surface area contributed by atoms with Gasteiger partial charge in [0, 0.05) is 6.04 Å². The van der Waals surface area contributed by atoms with Crippen LogP contribution in [0, 0.1) is 0 Å². The first kappa shape index (κ1) is 16.1. The second kappa shape index (κ2) is 5.20. The molecule has 0 bridgehead atoms. The molecule has 1 fully saturated rings. The number of nitrogens with one attached hydrogen (secondary N) is 1. The van der Waals surface area contributed by atoms with E-state index in [0.29, 0.717) is 31.2 Å². The summed E-state index contributed by atoms with van der Waals surface area (Å²) in [6, 6.07) is 0.895. The molecule has 2 rings (SSSR count). The molecule has 0 aliphatic carbocycles. The minimum absolute atomic E-state index is 0. The molecule has 0 amide bonds. The van der Waals surface area contributed by atoms with Gasteiger partial charge in [0.15, 0.2) is 0 Å². The molecule has 8 heteroatoms. The minimum Gasteiger partial charge on any atom is -0.310 e. The first-order valence-corrected chi connectivity index (χ1v) is 5.21. The van der Waals surface area contributed by atoms with Crippen molar-refractivity contribution in [3.8, 4) is 0 Å². The van der Waals surface area contributed by atoms with Crippen molar-refractivity contribution >= 4 is 12.4 Å². The minimum atomic E-state index is -4.64. The van der Waals surface area contributed by atoms with Crippen molar-refractivity contribution in [3.63, 3.8) is 0 Å². The van der Waals surface area contributed by atoms with Crippen LogP contribution >= 0.6 is 12.4 Å². The highest BCUT2D eigenvalue weighted by atomic mass is 35.5. The van der Waals surface area contributed by atoms with Crippen LogP contribution in [0.3, 0.4) is 0 Å². The topological polar surface area (TPSA) is 12.0 Å². The van der Waals surface area contributed by atoms with Crippen molar-refractivity contribution < 1.29 is 26.3 Å². The van der Waals surface area contributed by atoms with Crippen molar-refractivity contribution in [3.05, 3.63) is 34.9 Å². The van der Waals surface area contributed by atoms with Gasteiger partial charge in [0.1, 0.15) is 0 Å². The molecular weight excluding hydrogens is 296 g/mol. The number of alkyl halides is 6. The summed E-state index contributed by atoms with van der Waals surface area (Å²) in [4.78, 5) is 0. The lowest BCUT2D eigenvalue weighted by Crippen LogP contribution is -2.36. The number of hydrogen-bond donors (Lipinski definition) is 1. The largest absolute Gasteiger partial charge is 0.416 e. The Bertz CT molecular complexity index is 449. The quantitative estimate of drug-likeness (QED) is 0.768. The summed E-state index contributed by atoms with van der Waals surface area (Å²) >= 11 is 0. The smallest absolute Gasteiger partial charge is 0.310 e. The molecule has 0 saturated carbocycles. The number of halogens is 7. The molecule has 1 nitrogen and oxygen atoms in total. The monoisotopic (exact) mass is 305 g/mol. The Morgan fingerprint density at radius 1 is 1.00 bits per heavy atom. The van der Waals surface area contributed by atoms with E-state index in [9.17, 15) is 26.3 Å². The van der Waals surface area contributed by atoms with Gasteiger partial charge in [-0.2, -0.15) is 26.3 Å². The van der Waals surface area contributed by atoms with Gasteiger partial charge in [0.25, 0.3) is 0 Å². The van der Waals surface area contributed by atoms with Crippen molar-refractivity contribution in [1.29, 1.82) is 0 Å². The molecule has 1 heterocycles. The molecular formula is C11H10ClF6N. The zero-order valence-corrected chi connectivity index (χ0v) is 10.2. The average Bonchev–Trinajstić information content (AvgIpc) is 2.11. The fourth-order valence-electron chi connectivity index (χ4n) is 1.84.